The maximum atomic E-state index is 12.8. The number of piperazine rings is 1. The number of hydrogen-bond acceptors (Lipinski definition) is 4. The maximum Gasteiger partial charge on any atom is 0.282 e. The van der Waals surface area contributed by atoms with Gasteiger partial charge in [-0.2, -0.15) is 17.0 Å². The van der Waals surface area contributed by atoms with Gasteiger partial charge in [-0.3, -0.25) is 9.69 Å². The average molecular weight is 361 g/mol. The van der Waals surface area contributed by atoms with E-state index in [0.29, 0.717) is 39.3 Å². The van der Waals surface area contributed by atoms with Gasteiger partial charge < -0.3 is 5.32 Å². The molecule has 1 amide bonds. The minimum atomic E-state index is -3.37. The van der Waals surface area contributed by atoms with Gasteiger partial charge in [-0.25, -0.2) is 0 Å². The molecule has 0 aromatic heterocycles. The molecule has 2 aliphatic heterocycles. The van der Waals surface area contributed by atoms with Crippen LogP contribution < -0.4 is 5.32 Å². The van der Waals surface area contributed by atoms with Crippen molar-refractivity contribution in [1.82, 2.24) is 18.8 Å². The molecule has 2 rings (SSSR count). The van der Waals surface area contributed by atoms with Gasteiger partial charge in [0.15, 0.2) is 0 Å². The zero-order chi connectivity index (χ0) is 17.7. The van der Waals surface area contributed by atoms with Crippen LogP contribution in [0.4, 0.5) is 0 Å². The highest BCUT2D eigenvalue weighted by molar-refractivity contribution is 7.86. The van der Waals surface area contributed by atoms with Gasteiger partial charge in [0, 0.05) is 44.8 Å². The van der Waals surface area contributed by atoms with E-state index in [2.05, 4.69) is 5.32 Å². The molecule has 8 heteroatoms. The second kappa shape index (κ2) is 8.60. The molecule has 24 heavy (non-hydrogen) atoms. The third-order valence-electron chi connectivity index (χ3n) is 5.08. The Labute approximate surface area is 146 Å². The summed E-state index contributed by atoms with van der Waals surface area (Å²) in [6.45, 7) is 9.12. The van der Waals surface area contributed by atoms with E-state index in [1.165, 1.54) is 0 Å². The number of carbonyl (C=O) groups is 1. The lowest BCUT2D eigenvalue weighted by Crippen LogP contribution is -2.56. The number of nitrogens with zero attached hydrogens (tertiary/aromatic N) is 3. The van der Waals surface area contributed by atoms with Crippen molar-refractivity contribution in [2.24, 2.45) is 0 Å². The van der Waals surface area contributed by atoms with Gasteiger partial charge in [-0.1, -0.05) is 13.3 Å². The van der Waals surface area contributed by atoms with Crippen molar-refractivity contribution < 1.29 is 13.2 Å². The number of amides is 1. The zero-order valence-electron chi connectivity index (χ0n) is 15.2. The van der Waals surface area contributed by atoms with E-state index in [9.17, 15) is 13.2 Å². The summed E-state index contributed by atoms with van der Waals surface area (Å²) < 4.78 is 28.9. The van der Waals surface area contributed by atoms with Gasteiger partial charge in [0.1, 0.15) is 0 Å². The minimum absolute atomic E-state index is 0.0188. The lowest BCUT2D eigenvalue weighted by atomic mass is 10.1. The lowest BCUT2D eigenvalue weighted by molar-refractivity contribution is -0.123. The third-order valence-corrected chi connectivity index (χ3v) is 7.24. The van der Waals surface area contributed by atoms with E-state index in [4.69, 9.17) is 0 Å². The Hall–Kier alpha value is -0.700. The fourth-order valence-corrected chi connectivity index (χ4v) is 5.15. The smallest absolute Gasteiger partial charge is 0.282 e. The van der Waals surface area contributed by atoms with Gasteiger partial charge in [0.25, 0.3) is 10.2 Å². The Morgan fingerprint density at radius 3 is 2.42 bits per heavy atom. The van der Waals surface area contributed by atoms with Crippen LogP contribution in [0.15, 0.2) is 0 Å². The molecule has 0 saturated carbocycles. The molecule has 0 aromatic carbocycles. The normalized spacial score (nSPS) is 26.2. The second-order valence-corrected chi connectivity index (χ2v) is 8.90. The molecule has 0 unspecified atom stereocenters. The molecule has 2 atom stereocenters. The predicted octanol–water partition coefficient (Wildman–Crippen LogP) is 0.638. The first-order valence-electron chi connectivity index (χ1n) is 9.13. The molecule has 0 aliphatic carbocycles. The molecular formula is C16H32N4O3S. The number of carbonyl (C=O) groups excluding carboxylic acids is 1. The molecular weight excluding hydrogens is 328 g/mol. The Morgan fingerprint density at radius 2 is 1.83 bits per heavy atom. The van der Waals surface area contributed by atoms with Crippen molar-refractivity contribution in [3.8, 4) is 0 Å². The molecule has 2 aliphatic rings. The molecule has 2 fully saturated rings. The summed E-state index contributed by atoms with van der Waals surface area (Å²) in [4.78, 5) is 14.0. The van der Waals surface area contributed by atoms with Crippen LogP contribution in [-0.4, -0.2) is 79.2 Å². The van der Waals surface area contributed by atoms with E-state index in [-0.39, 0.29) is 18.0 Å². The summed E-state index contributed by atoms with van der Waals surface area (Å²) >= 11 is 0. The lowest BCUT2D eigenvalue weighted by Gasteiger charge is -2.39. The summed E-state index contributed by atoms with van der Waals surface area (Å²) in [5, 5.41) is 2.96. The van der Waals surface area contributed by atoms with Crippen LogP contribution in [0.5, 0.6) is 0 Å². The Morgan fingerprint density at radius 1 is 1.17 bits per heavy atom. The topological polar surface area (TPSA) is 73.0 Å². The van der Waals surface area contributed by atoms with Crippen LogP contribution in [0.25, 0.3) is 0 Å². The van der Waals surface area contributed by atoms with Crippen LogP contribution in [-0.2, 0) is 15.0 Å². The molecule has 0 aromatic rings. The Kier molecular flexibility index (Phi) is 7.03. The molecule has 1 N–H and O–H groups in total. The summed E-state index contributed by atoms with van der Waals surface area (Å²) in [6, 6.07) is 0.267. The number of nitrogens with one attached hydrogen (secondary N) is 1. The summed E-state index contributed by atoms with van der Waals surface area (Å²) in [5.41, 5.74) is 0. The average Bonchev–Trinajstić information content (AvgIpc) is 2.55. The van der Waals surface area contributed by atoms with Crippen LogP contribution in [0.2, 0.25) is 0 Å². The molecule has 0 radical (unpaired) electrons. The van der Waals surface area contributed by atoms with Crippen molar-refractivity contribution in [1.29, 1.82) is 0 Å². The first-order valence-corrected chi connectivity index (χ1v) is 10.5. The largest absolute Gasteiger partial charge is 0.353 e. The standard InChI is InChI=1S/C16H32N4O3S/c1-4-14(2)17-16(21)13-18-9-11-19(12-10-18)24(22,23)20-8-6-5-7-15(20)3/h14-15H,4-13H2,1-3H3,(H,17,21)/t14-,15-/m0/s1. The summed E-state index contributed by atoms with van der Waals surface area (Å²) in [7, 11) is -3.37. The monoisotopic (exact) mass is 360 g/mol. The van der Waals surface area contributed by atoms with Gasteiger partial charge in [0.2, 0.25) is 5.91 Å². The third kappa shape index (κ3) is 4.91. The predicted molar refractivity (Wildman–Crippen MR) is 94.8 cm³/mol. The van der Waals surface area contributed by atoms with E-state index in [0.717, 1.165) is 25.7 Å². The maximum absolute atomic E-state index is 12.8. The van der Waals surface area contributed by atoms with Crippen molar-refractivity contribution >= 4 is 16.1 Å². The Bertz CT molecular complexity index is 517. The fraction of sp³-hybridized carbons (Fsp3) is 0.938. The van der Waals surface area contributed by atoms with Crippen molar-refractivity contribution in [2.75, 3.05) is 39.3 Å². The number of piperidine rings is 1. The SMILES string of the molecule is CC[C@H](C)NC(=O)CN1CCN(S(=O)(=O)N2CCCC[C@@H]2C)CC1. The molecule has 2 saturated heterocycles. The van der Waals surface area contributed by atoms with Crippen molar-refractivity contribution in [2.45, 2.75) is 58.5 Å². The van der Waals surface area contributed by atoms with E-state index in [1.54, 1.807) is 8.61 Å². The zero-order valence-corrected chi connectivity index (χ0v) is 16.0. The second-order valence-electron chi connectivity index (χ2n) is 7.02. The van der Waals surface area contributed by atoms with Crippen molar-refractivity contribution in [3.05, 3.63) is 0 Å². The van der Waals surface area contributed by atoms with Gasteiger partial charge in [-0.05, 0) is 33.1 Å². The molecule has 0 spiro atoms. The Balaban J connectivity index is 1.84. The summed E-state index contributed by atoms with van der Waals surface area (Å²) in [6.07, 6.45) is 3.90. The van der Waals surface area contributed by atoms with Crippen LogP contribution in [0.3, 0.4) is 0 Å². The summed E-state index contributed by atoms with van der Waals surface area (Å²) in [5.74, 6) is 0.0188. The van der Waals surface area contributed by atoms with Gasteiger partial charge in [0.05, 0.1) is 6.54 Å². The van der Waals surface area contributed by atoms with E-state index < -0.39 is 10.2 Å². The number of rotatable bonds is 6. The highest BCUT2D eigenvalue weighted by Crippen LogP contribution is 2.23. The molecule has 2 heterocycles. The first-order chi connectivity index (χ1) is 11.3. The van der Waals surface area contributed by atoms with E-state index >= 15 is 0 Å². The molecule has 7 nitrogen and oxygen atoms in total. The van der Waals surface area contributed by atoms with Crippen molar-refractivity contribution in [3.63, 3.8) is 0 Å². The van der Waals surface area contributed by atoms with E-state index in [1.807, 2.05) is 25.7 Å². The minimum Gasteiger partial charge on any atom is -0.353 e. The first kappa shape index (κ1) is 19.6. The molecule has 0 bridgehead atoms. The van der Waals surface area contributed by atoms with Crippen LogP contribution in [0, 0.1) is 0 Å². The quantitative estimate of drug-likeness (QED) is 0.754. The van der Waals surface area contributed by atoms with Crippen LogP contribution >= 0.6 is 0 Å². The fourth-order valence-electron chi connectivity index (χ4n) is 3.31. The van der Waals surface area contributed by atoms with Crippen LogP contribution in [0.1, 0.15) is 46.5 Å². The van der Waals surface area contributed by atoms with Gasteiger partial charge >= 0.3 is 0 Å². The highest BCUT2D eigenvalue weighted by Gasteiger charge is 2.36. The molecule has 140 valence electrons. The van der Waals surface area contributed by atoms with Gasteiger partial charge in [-0.15, -0.1) is 0 Å². The highest BCUT2D eigenvalue weighted by atomic mass is 32.2. The number of hydrogen-bond donors (Lipinski definition) is 1.